The van der Waals surface area contributed by atoms with E-state index >= 15 is 0 Å². The fraction of sp³-hybridized carbons (Fsp3) is 0.750. The zero-order valence-corrected chi connectivity index (χ0v) is 4.92. The number of hydrogen-bond acceptors (Lipinski definition) is 2. The molecule has 0 bridgehead atoms. The first-order valence-corrected chi connectivity index (χ1v) is 2.64. The second kappa shape index (κ2) is 1.66. The number of hydrogen-bond donors (Lipinski definition) is 1. The van der Waals surface area contributed by atoms with Gasteiger partial charge in [0.2, 0.25) is 0 Å². The molecule has 0 spiro atoms. The van der Waals surface area contributed by atoms with E-state index < -0.39 is 0 Å². The lowest BCUT2D eigenvalue weighted by Crippen LogP contribution is -2.12. The van der Waals surface area contributed by atoms with Crippen LogP contribution in [-0.2, 0) is 4.74 Å². The van der Waals surface area contributed by atoms with Gasteiger partial charge in [0.15, 0.2) is 0 Å². The Balaban J connectivity index is 2.40. The minimum atomic E-state index is 0.271. The second-order valence-corrected chi connectivity index (χ2v) is 1.97. The molecule has 1 aliphatic heterocycles. The zero-order chi connectivity index (χ0) is 5.28. The Morgan fingerprint density at radius 3 is 2.86 bits per heavy atom. The molecule has 1 heterocycles. The lowest BCUT2D eigenvalue weighted by Gasteiger charge is -1.94. The quantitative estimate of drug-likeness (QED) is 0.460. The number of nitrogens with one attached hydrogen (secondary N) is 1. The van der Waals surface area contributed by atoms with E-state index in [2.05, 4.69) is 17.5 Å². The third-order valence-corrected chi connectivity index (χ3v) is 1.08. The molecule has 0 aromatic rings. The van der Waals surface area contributed by atoms with Crippen molar-refractivity contribution in [1.29, 1.82) is 0 Å². The monoisotopic (exact) mass is 117 g/mol. The summed E-state index contributed by atoms with van der Waals surface area (Å²) in [5, 5.41) is 3.41. The van der Waals surface area contributed by atoms with Crippen molar-refractivity contribution < 1.29 is 4.74 Å². The van der Waals surface area contributed by atoms with Gasteiger partial charge >= 0.3 is 0 Å². The van der Waals surface area contributed by atoms with Gasteiger partial charge in [0.25, 0.3) is 5.17 Å². The number of ether oxygens (including phenoxy) is 1. The molecule has 7 heavy (non-hydrogen) atoms. The molecule has 2 nitrogen and oxygen atoms in total. The molecule has 0 aromatic heterocycles. The first kappa shape index (κ1) is 4.84. The molecule has 1 rings (SSSR count). The molecule has 1 fully saturated rings. The van der Waals surface area contributed by atoms with Gasteiger partial charge < -0.3 is 10.1 Å². The predicted octanol–water partition coefficient (Wildman–Crippen LogP) is 0.280. The Morgan fingerprint density at radius 1 is 2.00 bits per heavy atom. The highest BCUT2D eigenvalue weighted by Gasteiger charge is 2.12. The van der Waals surface area contributed by atoms with E-state index in [1.54, 1.807) is 0 Å². The summed E-state index contributed by atoms with van der Waals surface area (Å²) >= 11 is 4.66. The van der Waals surface area contributed by atoms with Gasteiger partial charge in [-0.25, -0.2) is 0 Å². The fourth-order valence-corrected chi connectivity index (χ4v) is 0.741. The van der Waals surface area contributed by atoms with Crippen LogP contribution in [0.15, 0.2) is 0 Å². The van der Waals surface area contributed by atoms with E-state index in [0.717, 1.165) is 6.54 Å². The van der Waals surface area contributed by atoms with Crippen molar-refractivity contribution in [3.63, 3.8) is 0 Å². The molecule has 0 saturated carbocycles. The molecular weight excluding hydrogens is 110 g/mol. The first-order chi connectivity index (χ1) is 3.29. The number of rotatable bonds is 0. The minimum Gasteiger partial charge on any atom is -0.466 e. The predicted molar refractivity (Wildman–Crippen MR) is 31.1 cm³/mol. The van der Waals surface area contributed by atoms with Gasteiger partial charge in [0.05, 0.1) is 6.54 Å². The summed E-state index contributed by atoms with van der Waals surface area (Å²) in [6.45, 7) is 2.84. The third kappa shape index (κ3) is 1.03. The SMILES string of the molecule is C[C@@H]1CNC(=S)O1. The maximum Gasteiger partial charge on any atom is 0.257 e. The Bertz CT molecular complexity index is 93.7. The van der Waals surface area contributed by atoms with Crippen LogP contribution in [0.4, 0.5) is 0 Å². The Hall–Kier alpha value is -0.310. The summed E-state index contributed by atoms with van der Waals surface area (Å²) in [5.74, 6) is 0. The molecule has 0 radical (unpaired) electrons. The summed E-state index contributed by atoms with van der Waals surface area (Å²) in [7, 11) is 0. The van der Waals surface area contributed by atoms with Crippen molar-refractivity contribution in [2.45, 2.75) is 13.0 Å². The molecule has 0 aliphatic carbocycles. The molecule has 1 N–H and O–H groups in total. The van der Waals surface area contributed by atoms with Crippen LogP contribution >= 0.6 is 12.2 Å². The molecule has 40 valence electrons. The van der Waals surface area contributed by atoms with Crippen molar-refractivity contribution in [1.82, 2.24) is 5.32 Å². The average molecular weight is 117 g/mol. The lowest BCUT2D eigenvalue weighted by molar-refractivity contribution is 0.257. The van der Waals surface area contributed by atoms with Crippen LogP contribution in [0.3, 0.4) is 0 Å². The molecule has 0 amide bonds. The molecule has 1 aliphatic rings. The van der Waals surface area contributed by atoms with Gasteiger partial charge in [0, 0.05) is 0 Å². The third-order valence-electron chi connectivity index (χ3n) is 0.842. The highest BCUT2D eigenvalue weighted by molar-refractivity contribution is 7.80. The van der Waals surface area contributed by atoms with Crippen LogP contribution in [-0.4, -0.2) is 17.8 Å². The van der Waals surface area contributed by atoms with Crippen molar-refractivity contribution in [2.24, 2.45) is 0 Å². The van der Waals surface area contributed by atoms with Gasteiger partial charge in [-0.05, 0) is 19.1 Å². The maximum absolute atomic E-state index is 4.98. The fourth-order valence-electron chi connectivity index (χ4n) is 0.493. The average Bonchev–Trinajstić information content (AvgIpc) is 1.87. The summed E-state index contributed by atoms with van der Waals surface area (Å²) < 4.78 is 4.98. The molecule has 1 atom stereocenters. The minimum absolute atomic E-state index is 0.271. The molecule has 0 unspecified atom stereocenters. The van der Waals surface area contributed by atoms with Crippen LogP contribution in [0.1, 0.15) is 6.92 Å². The molecule has 0 aromatic carbocycles. The highest BCUT2D eigenvalue weighted by atomic mass is 32.1. The van der Waals surface area contributed by atoms with E-state index in [-0.39, 0.29) is 6.10 Å². The lowest BCUT2D eigenvalue weighted by atomic mass is 10.4. The highest BCUT2D eigenvalue weighted by Crippen LogP contribution is 1.96. The smallest absolute Gasteiger partial charge is 0.257 e. The summed E-state index contributed by atoms with van der Waals surface area (Å²) in [6.07, 6.45) is 0.271. The summed E-state index contributed by atoms with van der Waals surface area (Å²) in [4.78, 5) is 0. The molecule has 3 heteroatoms. The molecule has 1 saturated heterocycles. The zero-order valence-electron chi connectivity index (χ0n) is 4.10. The van der Waals surface area contributed by atoms with Gasteiger partial charge in [-0.1, -0.05) is 0 Å². The van der Waals surface area contributed by atoms with Crippen molar-refractivity contribution in [2.75, 3.05) is 6.54 Å². The van der Waals surface area contributed by atoms with Gasteiger partial charge in [0.1, 0.15) is 6.10 Å². The topological polar surface area (TPSA) is 21.3 Å². The number of thiocarbonyl (C=S) groups is 1. The Kier molecular flexibility index (Phi) is 1.15. The van der Waals surface area contributed by atoms with Crippen LogP contribution in [0.25, 0.3) is 0 Å². The van der Waals surface area contributed by atoms with Crippen molar-refractivity contribution in [3.05, 3.63) is 0 Å². The van der Waals surface area contributed by atoms with Crippen LogP contribution in [0.5, 0.6) is 0 Å². The second-order valence-electron chi connectivity index (χ2n) is 1.60. The normalized spacial score (nSPS) is 29.3. The largest absolute Gasteiger partial charge is 0.466 e. The van der Waals surface area contributed by atoms with Crippen LogP contribution in [0, 0.1) is 0 Å². The standard InChI is InChI=1S/C4H7NOS/c1-3-2-5-4(7)6-3/h3H,2H2,1H3,(H,5,7)/t3-/m1/s1. The van der Waals surface area contributed by atoms with Crippen LogP contribution in [0.2, 0.25) is 0 Å². The maximum atomic E-state index is 4.98. The first-order valence-electron chi connectivity index (χ1n) is 2.23. The van der Waals surface area contributed by atoms with Gasteiger partial charge in [-0.15, -0.1) is 0 Å². The Labute approximate surface area is 47.9 Å². The van der Waals surface area contributed by atoms with E-state index in [1.807, 2.05) is 6.92 Å². The van der Waals surface area contributed by atoms with E-state index in [4.69, 9.17) is 4.74 Å². The van der Waals surface area contributed by atoms with Crippen molar-refractivity contribution in [3.8, 4) is 0 Å². The van der Waals surface area contributed by atoms with E-state index in [0.29, 0.717) is 5.17 Å². The van der Waals surface area contributed by atoms with Crippen molar-refractivity contribution >= 4 is 17.4 Å². The molecular formula is C4H7NOS. The van der Waals surface area contributed by atoms with Gasteiger partial charge in [-0.2, -0.15) is 0 Å². The van der Waals surface area contributed by atoms with Gasteiger partial charge in [-0.3, -0.25) is 0 Å². The van der Waals surface area contributed by atoms with E-state index in [1.165, 1.54) is 0 Å². The summed E-state index contributed by atoms with van der Waals surface area (Å²) in [5.41, 5.74) is 0. The Morgan fingerprint density at radius 2 is 2.71 bits per heavy atom. The van der Waals surface area contributed by atoms with E-state index in [9.17, 15) is 0 Å². The van der Waals surface area contributed by atoms with Crippen LogP contribution < -0.4 is 5.32 Å². The summed E-state index contributed by atoms with van der Waals surface area (Å²) in [6, 6.07) is 0.